The van der Waals surface area contributed by atoms with Gasteiger partial charge in [0, 0.05) is 25.0 Å². The number of anilines is 3. The standard InChI is InChI=1S/C20H30N4/c1-6-14-24(15-7-2)18-12-13-21-19(23-18)22-17-11-9-8-10-16(17)20(3,4)5/h8-13H,6-7,14-15H2,1-5H3,(H,21,22,23). The van der Waals surface area contributed by atoms with Gasteiger partial charge >= 0.3 is 0 Å². The number of nitrogens with one attached hydrogen (secondary N) is 1. The summed E-state index contributed by atoms with van der Waals surface area (Å²) in [5.41, 5.74) is 2.40. The summed E-state index contributed by atoms with van der Waals surface area (Å²) in [5.74, 6) is 1.64. The Morgan fingerprint density at radius 3 is 2.29 bits per heavy atom. The molecule has 1 aromatic carbocycles. The van der Waals surface area contributed by atoms with Gasteiger partial charge in [-0.3, -0.25) is 0 Å². The molecular weight excluding hydrogens is 296 g/mol. The van der Waals surface area contributed by atoms with Crippen molar-refractivity contribution >= 4 is 17.5 Å². The van der Waals surface area contributed by atoms with Crippen molar-refractivity contribution in [3.8, 4) is 0 Å². The molecule has 0 unspecified atom stereocenters. The van der Waals surface area contributed by atoms with Gasteiger partial charge in [0.15, 0.2) is 0 Å². The number of rotatable bonds is 7. The molecule has 0 atom stereocenters. The maximum absolute atomic E-state index is 4.73. The van der Waals surface area contributed by atoms with Gasteiger partial charge in [-0.25, -0.2) is 4.98 Å². The highest BCUT2D eigenvalue weighted by atomic mass is 15.2. The first-order chi connectivity index (χ1) is 11.5. The lowest BCUT2D eigenvalue weighted by Gasteiger charge is -2.24. The third-order valence-electron chi connectivity index (χ3n) is 3.93. The van der Waals surface area contributed by atoms with E-state index >= 15 is 0 Å². The summed E-state index contributed by atoms with van der Waals surface area (Å²) in [5, 5.41) is 3.41. The zero-order valence-corrected chi connectivity index (χ0v) is 15.6. The first-order valence-corrected chi connectivity index (χ1v) is 8.90. The van der Waals surface area contributed by atoms with E-state index in [-0.39, 0.29) is 5.41 Å². The van der Waals surface area contributed by atoms with Crippen molar-refractivity contribution in [3.05, 3.63) is 42.1 Å². The van der Waals surface area contributed by atoms with Crippen LogP contribution in [0.25, 0.3) is 0 Å². The van der Waals surface area contributed by atoms with Gasteiger partial charge in [0.2, 0.25) is 5.95 Å². The minimum atomic E-state index is 0.0671. The van der Waals surface area contributed by atoms with Crippen molar-refractivity contribution < 1.29 is 0 Å². The smallest absolute Gasteiger partial charge is 0.229 e. The predicted molar refractivity (Wildman–Crippen MR) is 103 cm³/mol. The monoisotopic (exact) mass is 326 g/mol. The predicted octanol–water partition coefficient (Wildman–Crippen LogP) is 5.14. The normalized spacial score (nSPS) is 11.4. The molecule has 2 aromatic rings. The van der Waals surface area contributed by atoms with E-state index in [1.807, 2.05) is 18.3 Å². The van der Waals surface area contributed by atoms with E-state index in [1.54, 1.807) is 0 Å². The second-order valence-electron chi connectivity index (χ2n) is 7.15. The zero-order chi connectivity index (χ0) is 17.6. The van der Waals surface area contributed by atoms with Gasteiger partial charge in [-0.05, 0) is 36.0 Å². The van der Waals surface area contributed by atoms with E-state index in [2.05, 4.69) is 68.0 Å². The minimum Gasteiger partial charge on any atom is -0.356 e. The van der Waals surface area contributed by atoms with Crippen LogP contribution in [-0.4, -0.2) is 23.1 Å². The lowest BCUT2D eigenvalue weighted by Crippen LogP contribution is -2.26. The van der Waals surface area contributed by atoms with Crippen LogP contribution in [0.1, 0.15) is 53.0 Å². The summed E-state index contributed by atoms with van der Waals surface area (Å²) in [6.45, 7) is 13.1. The molecule has 130 valence electrons. The molecular formula is C20H30N4. The van der Waals surface area contributed by atoms with Crippen LogP contribution in [-0.2, 0) is 5.41 Å². The fraction of sp³-hybridized carbons (Fsp3) is 0.500. The Labute approximate surface area is 146 Å². The third-order valence-corrected chi connectivity index (χ3v) is 3.93. The van der Waals surface area contributed by atoms with E-state index in [4.69, 9.17) is 4.98 Å². The van der Waals surface area contributed by atoms with E-state index in [9.17, 15) is 0 Å². The summed E-state index contributed by atoms with van der Waals surface area (Å²) in [6, 6.07) is 10.4. The molecule has 0 spiro atoms. The van der Waals surface area contributed by atoms with Crippen LogP contribution in [0.15, 0.2) is 36.5 Å². The highest BCUT2D eigenvalue weighted by Crippen LogP contribution is 2.30. The van der Waals surface area contributed by atoms with Crippen LogP contribution >= 0.6 is 0 Å². The largest absolute Gasteiger partial charge is 0.356 e. The Hall–Kier alpha value is -2.10. The Morgan fingerprint density at radius 2 is 1.67 bits per heavy atom. The third kappa shape index (κ3) is 4.70. The van der Waals surface area contributed by atoms with Crippen molar-refractivity contribution in [1.29, 1.82) is 0 Å². The molecule has 0 fully saturated rings. The Kier molecular flexibility index (Phi) is 6.18. The zero-order valence-electron chi connectivity index (χ0n) is 15.6. The molecule has 1 N–H and O–H groups in total. The van der Waals surface area contributed by atoms with Crippen LogP contribution in [0.4, 0.5) is 17.5 Å². The number of para-hydroxylation sites is 1. The molecule has 0 amide bonds. The maximum atomic E-state index is 4.73. The lowest BCUT2D eigenvalue weighted by atomic mass is 9.86. The van der Waals surface area contributed by atoms with Gasteiger partial charge in [0.25, 0.3) is 0 Å². The van der Waals surface area contributed by atoms with Gasteiger partial charge in [-0.2, -0.15) is 4.98 Å². The molecule has 0 aliphatic carbocycles. The van der Waals surface area contributed by atoms with E-state index in [0.29, 0.717) is 5.95 Å². The molecule has 1 heterocycles. The molecule has 24 heavy (non-hydrogen) atoms. The Bertz CT molecular complexity index is 640. The Balaban J connectivity index is 2.27. The average molecular weight is 326 g/mol. The van der Waals surface area contributed by atoms with Crippen molar-refractivity contribution in [2.75, 3.05) is 23.3 Å². The molecule has 1 aromatic heterocycles. The SMILES string of the molecule is CCCN(CCC)c1ccnc(Nc2ccccc2C(C)(C)C)n1. The second-order valence-corrected chi connectivity index (χ2v) is 7.15. The molecule has 0 aliphatic rings. The van der Waals surface area contributed by atoms with E-state index in [1.165, 1.54) is 5.56 Å². The lowest BCUT2D eigenvalue weighted by molar-refractivity contribution is 0.592. The first kappa shape index (κ1) is 18.2. The van der Waals surface area contributed by atoms with Crippen molar-refractivity contribution in [1.82, 2.24) is 9.97 Å². The van der Waals surface area contributed by atoms with Crippen molar-refractivity contribution in [2.24, 2.45) is 0 Å². The number of hydrogen-bond donors (Lipinski definition) is 1. The fourth-order valence-electron chi connectivity index (χ4n) is 2.83. The van der Waals surface area contributed by atoms with Gasteiger partial charge in [0.05, 0.1) is 0 Å². The Morgan fingerprint density at radius 1 is 1.00 bits per heavy atom. The maximum Gasteiger partial charge on any atom is 0.229 e. The topological polar surface area (TPSA) is 41.1 Å². The van der Waals surface area contributed by atoms with Crippen molar-refractivity contribution in [2.45, 2.75) is 52.9 Å². The van der Waals surface area contributed by atoms with Crippen LogP contribution < -0.4 is 10.2 Å². The number of aromatic nitrogens is 2. The molecule has 0 saturated carbocycles. The molecule has 4 nitrogen and oxygen atoms in total. The van der Waals surface area contributed by atoms with Crippen LogP contribution in [0.5, 0.6) is 0 Å². The number of hydrogen-bond acceptors (Lipinski definition) is 4. The molecule has 0 aliphatic heterocycles. The van der Waals surface area contributed by atoms with Gasteiger partial charge in [-0.15, -0.1) is 0 Å². The summed E-state index contributed by atoms with van der Waals surface area (Å²) in [7, 11) is 0. The molecule has 0 saturated heterocycles. The number of benzene rings is 1. The van der Waals surface area contributed by atoms with Crippen LogP contribution in [0, 0.1) is 0 Å². The molecule has 0 radical (unpaired) electrons. The fourth-order valence-corrected chi connectivity index (χ4v) is 2.83. The molecule has 4 heteroatoms. The molecule has 2 rings (SSSR count). The van der Waals surface area contributed by atoms with E-state index in [0.717, 1.165) is 37.4 Å². The summed E-state index contributed by atoms with van der Waals surface area (Å²) in [4.78, 5) is 11.5. The van der Waals surface area contributed by atoms with Gasteiger partial charge in [0.1, 0.15) is 5.82 Å². The average Bonchev–Trinajstić information content (AvgIpc) is 2.54. The minimum absolute atomic E-state index is 0.0671. The highest BCUT2D eigenvalue weighted by Gasteiger charge is 2.18. The molecule has 0 bridgehead atoms. The summed E-state index contributed by atoms with van der Waals surface area (Å²) < 4.78 is 0. The van der Waals surface area contributed by atoms with Crippen LogP contribution in [0.3, 0.4) is 0 Å². The summed E-state index contributed by atoms with van der Waals surface area (Å²) in [6.07, 6.45) is 4.06. The highest BCUT2D eigenvalue weighted by molar-refractivity contribution is 5.61. The van der Waals surface area contributed by atoms with Gasteiger partial charge in [-0.1, -0.05) is 52.8 Å². The number of nitrogens with zero attached hydrogens (tertiary/aromatic N) is 3. The summed E-state index contributed by atoms with van der Waals surface area (Å²) >= 11 is 0. The second kappa shape index (κ2) is 8.13. The van der Waals surface area contributed by atoms with E-state index < -0.39 is 0 Å². The van der Waals surface area contributed by atoms with Crippen LogP contribution in [0.2, 0.25) is 0 Å². The van der Waals surface area contributed by atoms with Crippen molar-refractivity contribution in [3.63, 3.8) is 0 Å². The first-order valence-electron chi connectivity index (χ1n) is 8.90. The van der Waals surface area contributed by atoms with Gasteiger partial charge < -0.3 is 10.2 Å². The quantitative estimate of drug-likeness (QED) is 0.764.